The molecule has 1 saturated carbocycles. The van der Waals surface area contributed by atoms with E-state index in [0.717, 1.165) is 3.93 Å². The van der Waals surface area contributed by atoms with Crippen LogP contribution in [-0.4, -0.2) is 18.4 Å². The second kappa shape index (κ2) is 4.90. The molecule has 1 aliphatic rings. The van der Waals surface area contributed by atoms with E-state index in [1.807, 2.05) is 0 Å². The molecule has 2 rings (SSSR count). The summed E-state index contributed by atoms with van der Waals surface area (Å²) in [5, 5.41) is 0. The molecule has 0 unspecified atom stereocenters. The molecule has 0 saturated heterocycles. The minimum absolute atomic E-state index is 1.09. The molecule has 15 heavy (non-hydrogen) atoms. The zero-order valence-electron chi connectivity index (χ0n) is 10.00. The van der Waals surface area contributed by atoms with Crippen LogP contribution in [0, 0.1) is 0 Å². The molecular formula is C14H22Sn. The SMILES string of the molecule is [CH3][Sn]([CH3])([c]1ccccc1)[CH]1CCCCC1. The average Bonchev–Trinajstić information content (AvgIpc) is 2.31. The molecule has 0 amide bonds. The molecule has 0 bridgehead atoms. The molecule has 0 N–H and O–H groups in total. The fraction of sp³-hybridized carbons (Fsp3) is 0.571. The van der Waals surface area contributed by atoms with Crippen molar-refractivity contribution in [1.82, 2.24) is 0 Å². The standard InChI is InChI=1S/C6H11.C6H5.2CH3.Sn/c2*1-2-4-6-5-3-1;;;/h1H,2-6H2;1-5H;2*1H3;. The molecule has 0 nitrogen and oxygen atoms in total. The van der Waals surface area contributed by atoms with Gasteiger partial charge in [-0.25, -0.2) is 0 Å². The Balaban J connectivity index is 2.18. The van der Waals surface area contributed by atoms with Gasteiger partial charge in [0.25, 0.3) is 0 Å². The first-order valence-electron chi connectivity index (χ1n) is 6.27. The molecule has 1 aromatic rings. The Labute approximate surface area is 98.0 Å². The first-order valence-corrected chi connectivity index (χ1v) is 15.0. The Bertz CT molecular complexity index is 296. The summed E-state index contributed by atoms with van der Waals surface area (Å²) in [5.41, 5.74) is 0. The van der Waals surface area contributed by atoms with Gasteiger partial charge in [-0.05, 0) is 0 Å². The molecule has 0 atom stereocenters. The molecule has 0 aromatic heterocycles. The zero-order chi connectivity index (χ0) is 10.7. The van der Waals surface area contributed by atoms with Gasteiger partial charge in [0, 0.05) is 0 Å². The molecule has 1 aromatic carbocycles. The van der Waals surface area contributed by atoms with Crippen molar-refractivity contribution in [2.45, 2.75) is 45.9 Å². The van der Waals surface area contributed by atoms with Crippen molar-refractivity contribution in [2.24, 2.45) is 0 Å². The number of benzene rings is 1. The van der Waals surface area contributed by atoms with E-state index in [1.165, 1.54) is 32.1 Å². The van der Waals surface area contributed by atoms with Gasteiger partial charge in [-0.3, -0.25) is 0 Å². The van der Waals surface area contributed by atoms with E-state index in [9.17, 15) is 0 Å². The van der Waals surface area contributed by atoms with Gasteiger partial charge in [0.1, 0.15) is 0 Å². The van der Waals surface area contributed by atoms with Crippen molar-refractivity contribution >= 4 is 22.0 Å². The van der Waals surface area contributed by atoms with Crippen LogP contribution in [-0.2, 0) is 0 Å². The van der Waals surface area contributed by atoms with Gasteiger partial charge in [0.15, 0.2) is 0 Å². The van der Waals surface area contributed by atoms with E-state index in [0.29, 0.717) is 0 Å². The number of hydrogen-bond acceptors (Lipinski definition) is 0. The summed E-state index contributed by atoms with van der Waals surface area (Å²) >= 11 is -1.97. The molecule has 0 heterocycles. The molecule has 1 heteroatoms. The third-order valence-electron chi connectivity index (χ3n) is 4.14. The van der Waals surface area contributed by atoms with Crippen molar-refractivity contribution in [3.05, 3.63) is 30.3 Å². The van der Waals surface area contributed by atoms with Gasteiger partial charge in [0.05, 0.1) is 0 Å². The molecule has 0 aliphatic heterocycles. The zero-order valence-corrected chi connectivity index (χ0v) is 12.9. The first kappa shape index (κ1) is 11.5. The van der Waals surface area contributed by atoms with Crippen LogP contribution in [0.25, 0.3) is 0 Å². The third-order valence-corrected chi connectivity index (χ3v) is 16.8. The van der Waals surface area contributed by atoms with Crippen LogP contribution in [0.15, 0.2) is 30.3 Å². The van der Waals surface area contributed by atoms with E-state index >= 15 is 0 Å². The van der Waals surface area contributed by atoms with Crippen LogP contribution in [0.5, 0.6) is 0 Å². The Morgan fingerprint density at radius 3 is 2.13 bits per heavy atom. The second-order valence-electron chi connectivity index (χ2n) is 5.42. The average molecular weight is 309 g/mol. The summed E-state index contributed by atoms with van der Waals surface area (Å²) < 4.78 is 2.81. The predicted octanol–water partition coefficient (Wildman–Crippen LogP) is 3.94. The van der Waals surface area contributed by atoms with Crippen LogP contribution in [0.4, 0.5) is 0 Å². The summed E-state index contributed by atoms with van der Waals surface area (Å²) in [7, 11) is 0. The minimum atomic E-state index is -1.97. The van der Waals surface area contributed by atoms with Gasteiger partial charge >= 0.3 is 98.2 Å². The molecule has 1 fully saturated rings. The maximum atomic E-state index is 2.62. The Morgan fingerprint density at radius 2 is 1.53 bits per heavy atom. The summed E-state index contributed by atoms with van der Waals surface area (Å²) in [6, 6.07) is 11.3. The Morgan fingerprint density at radius 1 is 0.933 bits per heavy atom. The molecular weight excluding hydrogens is 287 g/mol. The summed E-state index contributed by atoms with van der Waals surface area (Å²) in [4.78, 5) is 5.25. The normalized spacial score (nSPS) is 19.1. The van der Waals surface area contributed by atoms with Crippen molar-refractivity contribution in [1.29, 1.82) is 0 Å². The van der Waals surface area contributed by atoms with Crippen LogP contribution < -0.4 is 3.58 Å². The van der Waals surface area contributed by atoms with E-state index < -0.39 is 18.4 Å². The van der Waals surface area contributed by atoms with Gasteiger partial charge in [-0.2, -0.15) is 0 Å². The predicted molar refractivity (Wildman–Crippen MR) is 70.4 cm³/mol. The van der Waals surface area contributed by atoms with E-state index in [-0.39, 0.29) is 0 Å². The van der Waals surface area contributed by atoms with Gasteiger partial charge < -0.3 is 0 Å². The van der Waals surface area contributed by atoms with Crippen LogP contribution >= 0.6 is 0 Å². The van der Waals surface area contributed by atoms with Crippen LogP contribution in [0.3, 0.4) is 0 Å². The molecule has 1 aliphatic carbocycles. The van der Waals surface area contributed by atoms with Crippen LogP contribution in [0.1, 0.15) is 32.1 Å². The molecule has 0 spiro atoms. The van der Waals surface area contributed by atoms with E-state index in [2.05, 4.69) is 40.2 Å². The Kier molecular flexibility index (Phi) is 3.76. The quantitative estimate of drug-likeness (QED) is 0.726. The Hall–Kier alpha value is 0.0187. The van der Waals surface area contributed by atoms with E-state index in [1.54, 1.807) is 3.58 Å². The van der Waals surface area contributed by atoms with Crippen molar-refractivity contribution in [3.8, 4) is 0 Å². The third kappa shape index (κ3) is 2.58. The monoisotopic (exact) mass is 310 g/mol. The fourth-order valence-corrected chi connectivity index (χ4v) is 12.6. The molecule has 82 valence electrons. The number of rotatable bonds is 2. The van der Waals surface area contributed by atoms with Crippen LogP contribution in [0.2, 0.25) is 13.8 Å². The summed E-state index contributed by atoms with van der Waals surface area (Å²) in [6.07, 6.45) is 7.47. The first-order chi connectivity index (χ1) is 7.21. The van der Waals surface area contributed by atoms with Crippen molar-refractivity contribution in [3.63, 3.8) is 0 Å². The molecule has 0 radical (unpaired) electrons. The number of hydrogen-bond donors (Lipinski definition) is 0. The second-order valence-corrected chi connectivity index (χ2v) is 19.2. The van der Waals surface area contributed by atoms with Gasteiger partial charge in [-0.15, -0.1) is 0 Å². The fourth-order valence-electron chi connectivity index (χ4n) is 2.93. The maximum absolute atomic E-state index is 2.62. The van der Waals surface area contributed by atoms with Crippen molar-refractivity contribution < 1.29 is 0 Å². The summed E-state index contributed by atoms with van der Waals surface area (Å²) in [6.45, 7) is 0. The van der Waals surface area contributed by atoms with Gasteiger partial charge in [-0.1, -0.05) is 0 Å². The van der Waals surface area contributed by atoms with E-state index in [4.69, 9.17) is 0 Å². The van der Waals surface area contributed by atoms with Crippen molar-refractivity contribution in [2.75, 3.05) is 0 Å². The van der Waals surface area contributed by atoms with Gasteiger partial charge in [0.2, 0.25) is 0 Å². The summed E-state index contributed by atoms with van der Waals surface area (Å²) in [5.74, 6) is 0. The topological polar surface area (TPSA) is 0 Å².